The number of fused-ring (bicyclic) bond motifs is 1. The van der Waals surface area contributed by atoms with Crippen LogP contribution in [0.5, 0.6) is 0 Å². The molecule has 0 aliphatic rings. The van der Waals surface area contributed by atoms with Crippen molar-refractivity contribution >= 4 is 16.9 Å². The van der Waals surface area contributed by atoms with Crippen LogP contribution in [-0.2, 0) is 22.4 Å². The van der Waals surface area contributed by atoms with Crippen LogP contribution in [0.2, 0.25) is 0 Å². The van der Waals surface area contributed by atoms with Crippen molar-refractivity contribution in [1.82, 2.24) is 15.4 Å². The molecule has 0 fully saturated rings. The maximum Gasteiger partial charge on any atom is 1.00 e. The predicted molar refractivity (Wildman–Crippen MR) is 41.4 cm³/mol. The fraction of sp³-hybridized carbons (Fsp3) is 0. The number of nitrogens with two attached hydrogens (primary N) is 1. The van der Waals surface area contributed by atoms with Gasteiger partial charge in [0.15, 0.2) is 0 Å². The number of rotatable bonds is 1. The van der Waals surface area contributed by atoms with Crippen LogP contribution in [-0.4, -0.2) is 16.2 Å². The van der Waals surface area contributed by atoms with E-state index in [9.17, 15) is 4.79 Å². The van der Waals surface area contributed by atoms with E-state index in [1.54, 1.807) is 18.2 Å². The van der Waals surface area contributed by atoms with Crippen molar-refractivity contribution in [3.05, 3.63) is 23.8 Å². The van der Waals surface area contributed by atoms with Crippen molar-refractivity contribution < 1.29 is 27.2 Å². The van der Waals surface area contributed by atoms with E-state index in [2.05, 4.69) is 15.4 Å². The molecule has 0 saturated heterocycles. The second-order valence-electron chi connectivity index (χ2n) is 2.36. The fourth-order valence-electron chi connectivity index (χ4n) is 0.960. The minimum Gasteiger partial charge on any atom is -0.366 e. The third kappa shape index (κ3) is 1.77. The molecule has 0 atom stereocenters. The molecule has 5 nitrogen and oxygen atoms in total. The van der Waals surface area contributed by atoms with Gasteiger partial charge in [0.1, 0.15) is 0 Å². The summed E-state index contributed by atoms with van der Waals surface area (Å²) < 4.78 is 0. The second kappa shape index (κ2) is 3.69. The number of amides is 1. The first-order valence-electron chi connectivity index (χ1n) is 3.33. The molecule has 70 valence electrons. The fourth-order valence-corrected chi connectivity index (χ4v) is 0.960. The molecule has 13 heavy (non-hydrogen) atoms. The van der Waals surface area contributed by atoms with Crippen molar-refractivity contribution in [2.24, 2.45) is 5.73 Å². The molecule has 6 heteroatoms. The number of nitrogens with zero attached hydrogens (tertiary/aromatic N) is 3. The van der Waals surface area contributed by atoms with Crippen LogP contribution in [0.25, 0.3) is 11.0 Å². The molecule has 0 unspecified atom stereocenters. The standard InChI is InChI=1S/C7H6N4O.Ag/c8-7(12)4-1-2-5-6(3-4)10-11-9-5;/h1-3H,(H3,8,9,10,11,12);/q;+1/p-1. The molecule has 0 spiro atoms. The predicted octanol–water partition coefficient (Wildman–Crippen LogP) is -0.317. The van der Waals surface area contributed by atoms with Gasteiger partial charge in [0.05, 0.1) is 0 Å². The van der Waals surface area contributed by atoms with Crippen molar-refractivity contribution in [1.29, 1.82) is 0 Å². The molecule has 1 heterocycles. The first kappa shape index (κ1) is 9.91. The van der Waals surface area contributed by atoms with E-state index in [0.717, 1.165) is 0 Å². The summed E-state index contributed by atoms with van der Waals surface area (Å²) in [4.78, 5) is 10.7. The Morgan fingerprint density at radius 3 is 2.92 bits per heavy atom. The van der Waals surface area contributed by atoms with Gasteiger partial charge in [-0.2, -0.15) is 0 Å². The van der Waals surface area contributed by atoms with Crippen LogP contribution in [0.1, 0.15) is 10.4 Å². The maximum atomic E-state index is 10.7. The Hall–Kier alpha value is -1.17. The Morgan fingerprint density at radius 2 is 2.23 bits per heavy atom. The molecule has 0 bridgehead atoms. The molecule has 0 saturated carbocycles. The van der Waals surface area contributed by atoms with Crippen LogP contribution in [0.15, 0.2) is 18.2 Å². The largest absolute Gasteiger partial charge is 1.00 e. The normalized spacial score (nSPS) is 9.54. The van der Waals surface area contributed by atoms with Crippen LogP contribution in [0.3, 0.4) is 0 Å². The Balaban J connectivity index is 0.000000845. The zero-order chi connectivity index (χ0) is 8.55. The number of aromatic nitrogens is 3. The van der Waals surface area contributed by atoms with Crippen molar-refractivity contribution in [3.63, 3.8) is 0 Å². The van der Waals surface area contributed by atoms with E-state index in [1.165, 1.54) is 0 Å². The first-order chi connectivity index (χ1) is 5.77. The van der Waals surface area contributed by atoms with Gasteiger partial charge in [-0.05, 0) is 23.2 Å². The molecule has 1 amide bonds. The first-order valence-corrected chi connectivity index (χ1v) is 3.33. The van der Waals surface area contributed by atoms with Gasteiger partial charge in [-0.3, -0.25) is 10.0 Å². The van der Waals surface area contributed by atoms with Crippen LogP contribution in [0, 0.1) is 0 Å². The average Bonchev–Trinajstić information content (AvgIpc) is 2.49. The topological polar surface area (TPSA) is 83.0 Å². The smallest absolute Gasteiger partial charge is 0.366 e. The van der Waals surface area contributed by atoms with Crippen LogP contribution >= 0.6 is 0 Å². The number of carbonyl (C=O) groups is 1. The van der Waals surface area contributed by atoms with Gasteiger partial charge in [-0.15, -0.1) is 0 Å². The third-order valence-electron chi connectivity index (χ3n) is 1.56. The van der Waals surface area contributed by atoms with Gasteiger partial charge in [-0.1, -0.05) is 6.07 Å². The number of hydrogen-bond donors (Lipinski definition) is 1. The molecule has 2 rings (SSSR count). The van der Waals surface area contributed by atoms with E-state index in [-0.39, 0.29) is 22.4 Å². The molecule has 2 N–H and O–H groups in total. The molecular weight excluding hydrogens is 264 g/mol. The van der Waals surface area contributed by atoms with Crippen molar-refractivity contribution in [3.8, 4) is 0 Å². The van der Waals surface area contributed by atoms with Crippen molar-refractivity contribution in [2.45, 2.75) is 0 Å². The van der Waals surface area contributed by atoms with E-state index < -0.39 is 5.91 Å². The van der Waals surface area contributed by atoms with E-state index >= 15 is 0 Å². The summed E-state index contributed by atoms with van der Waals surface area (Å²) in [5.74, 6) is -0.472. The van der Waals surface area contributed by atoms with Gasteiger partial charge in [-0.25, -0.2) is 0 Å². The molecular formula is C7H5AgN4O. The molecule has 0 aliphatic heterocycles. The van der Waals surface area contributed by atoms with Gasteiger partial charge < -0.3 is 15.9 Å². The van der Waals surface area contributed by atoms with E-state index in [4.69, 9.17) is 5.73 Å². The Morgan fingerprint density at radius 1 is 1.46 bits per heavy atom. The Labute approximate surface area is 89.2 Å². The Bertz CT molecular complexity index is 439. The number of primary amides is 1. The summed E-state index contributed by atoms with van der Waals surface area (Å²) in [5.41, 5.74) is 6.74. The summed E-state index contributed by atoms with van der Waals surface area (Å²) in [6, 6.07) is 4.83. The minimum atomic E-state index is -0.472. The zero-order valence-corrected chi connectivity index (χ0v) is 7.84. The van der Waals surface area contributed by atoms with Gasteiger partial charge >= 0.3 is 22.4 Å². The molecule has 0 radical (unpaired) electrons. The van der Waals surface area contributed by atoms with Crippen molar-refractivity contribution in [2.75, 3.05) is 0 Å². The summed E-state index contributed by atoms with van der Waals surface area (Å²) in [7, 11) is 0. The molecule has 1 aromatic carbocycles. The third-order valence-corrected chi connectivity index (χ3v) is 1.56. The number of benzene rings is 1. The maximum absolute atomic E-state index is 10.7. The van der Waals surface area contributed by atoms with Gasteiger partial charge in [0.2, 0.25) is 5.91 Å². The molecule has 1 aromatic heterocycles. The molecule has 2 aromatic rings. The Kier molecular flexibility index (Phi) is 2.82. The summed E-state index contributed by atoms with van der Waals surface area (Å²) in [5, 5.41) is 10.8. The van der Waals surface area contributed by atoms with Gasteiger partial charge in [0.25, 0.3) is 0 Å². The summed E-state index contributed by atoms with van der Waals surface area (Å²) >= 11 is 0. The number of hydrogen-bond acceptors (Lipinski definition) is 3. The average molecular weight is 269 g/mol. The van der Waals surface area contributed by atoms with Crippen LogP contribution in [0.4, 0.5) is 0 Å². The second-order valence-corrected chi connectivity index (χ2v) is 2.36. The van der Waals surface area contributed by atoms with Crippen LogP contribution < -0.4 is 10.8 Å². The van der Waals surface area contributed by atoms with E-state index in [0.29, 0.717) is 16.6 Å². The summed E-state index contributed by atoms with van der Waals surface area (Å²) in [6.45, 7) is 0. The summed E-state index contributed by atoms with van der Waals surface area (Å²) in [6.07, 6.45) is 0. The number of carbonyl (C=O) groups excluding carboxylic acids is 1. The minimum absolute atomic E-state index is 0. The monoisotopic (exact) mass is 268 g/mol. The van der Waals surface area contributed by atoms with E-state index in [1.807, 2.05) is 0 Å². The zero-order valence-electron chi connectivity index (χ0n) is 6.36. The SMILES string of the molecule is NC(=O)c1ccc2[n-]nnc2c1.[Ag+]. The quantitative estimate of drug-likeness (QED) is 0.719. The molecule has 0 aliphatic carbocycles. The van der Waals surface area contributed by atoms with Gasteiger partial charge in [0, 0.05) is 5.56 Å².